The van der Waals surface area contributed by atoms with Crippen LogP contribution in [0.4, 0.5) is 0 Å². The van der Waals surface area contributed by atoms with Crippen LogP contribution in [-0.4, -0.2) is 20.8 Å². The van der Waals surface area contributed by atoms with Crippen molar-refractivity contribution in [3.05, 3.63) is 28.8 Å². The van der Waals surface area contributed by atoms with Crippen molar-refractivity contribution in [2.45, 2.75) is 40.0 Å². The first-order chi connectivity index (χ1) is 9.75. The van der Waals surface area contributed by atoms with Crippen LogP contribution in [0.2, 0.25) is 5.02 Å². The van der Waals surface area contributed by atoms with Gasteiger partial charge in [-0.05, 0) is 43.0 Å². The molecule has 2 N–H and O–H groups in total. The molecule has 21 heavy (non-hydrogen) atoms. The first-order valence-electron chi connectivity index (χ1n) is 7.17. The van der Waals surface area contributed by atoms with Crippen LogP contribution in [0.1, 0.15) is 39.2 Å². The predicted molar refractivity (Wildman–Crippen MR) is 87.3 cm³/mol. The molecule has 1 aromatic carbocycles. The maximum absolute atomic E-state index is 11.4. The smallest absolute Gasteiger partial charge is 0.209 e. The Bertz CT molecular complexity index is 568. The van der Waals surface area contributed by atoms with Crippen LogP contribution in [0.15, 0.2) is 18.2 Å². The quantitative estimate of drug-likeness (QED) is 0.792. The van der Waals surface area contributed by atoms with Gasteiger partial charge in [-0.25, -0.2) is 13.6 Å². The zero-order valence-corrected chi connectivity index (χ0v) is 14.4. The number of halogens is 1. The molecule has 0 aliphatic carbocycles. The molecule has 1 rings (SSSR count). The van der Waals surface area contributed by atoms with Gasteiger partial charge in [0.15, 0.2) is 0 Å². The third kappa shape index (κ3) is 5.49. The summed E-state index contributed by atoms with van der Waals surface area (Å²) < 4.78 is 28.7. The monoisotopic (exact) mass is 333 g/mol. The molecular weight excluding hydrogens is 310 g/mol. The minimum atomic E-state index is -3.53. The van der Waals surface area contributed by atoms with E-state index in [1.165, 1.54) is 0 Å². The Hall–Kier alpha value is -0.780. The molecule has 0 unspecified atom stereocenters. The number of hydrogen-bond acceptors (Lipinski definition) is 3. The van der Waals surface area contributed by atoms with Crippen molar-refractivity contribution in [1.29, 1.82) is 0 Å². The maximum atomic E-state index is 11.4. The molecule has 0 fully saturated rings. The SMILES string of the molecule is CCc1cc(OCC(CC)(CC)CS(N)(=O)=O)ccc1Cl. The lowest BCUT2D eigenvalue weighted by molar-refractivity contribution is 0.154. The topological polar surface area (TPSA) is 69.4 Å². The van der Waals surface area contributed by atoms with Crippen LogP contribution in [0, 0.1) is 5.41 Å². The van der Waals surface area contributed by atoms with Crippen molar-refractivity contribution in [2.75, 3.05) is 12.4 Å². The highest BCUT2D eigenvalue weighted by Crippen LogP contribution is 2.30. The molecule has 4 nitrogen and oxygen atoms in total. The fourth-order valence-corrected chi connectivity index (χ4v) is 3.87. The van der Waals surface area contributed by atoms with E-state index in [1.807, 2.05) is 26.8 Å². The average molecular weight is 334 g/mol. The molecule has 0 aliphatic heterocycles. The van der Waals surface area contributed by atoms with E-state index in [9.17, 15) is 8.42 Å². The third-order valence-corrected chi connectivity index (χ3v) is 5.33. The lowest BCUT2D eigenvalue weighted by atomic mass is 9.85. The van der Waals surface area contributed by atoms with E-state index in [0.29, 0.717) is 30.2 Å². The van der Waals surface area contributed by atoms with Gasteiger partial charge in [-0.15, -0.1) is 0 Å². The highest BCUT2D eigenvalue weighted by atomic mass is 35.5. The Balaban J connectivity index is 2.87. The van der Waals surface area contributed by atoms with E-state index in [0.717, 1.165) is 12.0 Å². The third-order valence-electron chi connectivity index (χ3n) is 3.95. The van der Waals surface area contributed by atoms with Crippen molar-refractivity contribution in [1.82, 2.24) is 0 Å². The first-order valence-corrected chi connectivity index (χ1v) is 9.26. The Kier molecular flexibility index (Phi) is 6.50. The number of rotatable bonds is 8. The van der Waals surface area contributed by atoms with Gasteiger partial charge in [0.25, 0.3) is 0 Å². The summed E-state index contributed by atoms with van der Waals surface area (Å²) in [7, 11) is -3.53. The molecule has 0 radical (unpaired) electrons. The summed E-state index contributed by atoms with van der Waals surface area (Å²) in [6.07, 6.45) is 2.20. The number of hydrogen-bond donors (Lipinski definition) is 1. The molecule has 1 aromatic rings. The van der Waals surface area contributed by atoms with E-state index < -0.39 is 15.4 Å². The highest BCUT2D eigenvalue weighted by Gasteiger charge is 2.32. The molecule has 0 bridgehead atoms. The van der Waals surface area contributed by atoms with Crippen LogP contribution in [0.25, 0.3) is 0 Å². The predicted octanol–water partition coefficient (Wildman–Crippen LogP) is 3.38. The van der Waals surface area contributed by atoms with Crippen molar-refractivity contribution in [3.63, 3.8) is 0 Å². The van der Waals surface area contributed by atoms with Crippen LogP contribution in [0.5, 0.6) is 5.75 Å². The van der Waals surface area contributed by atoms with Gasteiger partial charge in [-0.2, -0.15) is 0 Å². The highest BCUT2D eigenvalue weighted by molar-refractivity contribution is 7.89. The normalized spacial score (nSPS) is 12.4. The second-order valence-electron chi connectivity index (χ2n) is 5.41. The molecule has 0 saturated heterocycles. The molecule has 0 amide bonds. The standard InChI is InChI=1S/C15H24ClNO3S/c1-4-12-9-13(7-8-14(12)16)20-10-15(5-2,6-3)11-21(17,18)19/h7-9H,4-6,10-11H2,1-3H3,(H2,17,18,19). The second kappa shape index (κ2) is 7.47. The van der Waals surface area contributed by atoms with E-state index in [-0.39, 0.29) is 5.75 Å². The average Bonchev–Trinajstić information content (AvgIpc) is 2.43. The van der Waals surface area contributed by atoms with Crippen LogP contribution >= 0.6 is 11.6 Å². The number of nitrogens with two attached hydrogens (primary N) is 1. The van der Waals surface area contributed by atoms with Crippen LogP contribution < -0.4 is 9.88 Å². The lowest BCUT2D eigenvalue weighted by Gasteiger charge is -2.30. The van der Waals surface area contributed by atoms with Gasteiger partial charge in [0.2, 0.25) is 10.0 Å². The molecule has 0 aliphatic rings. The Morgan fingerprint density at radius 3 is 2.33 bits per heavy atom. The van der Waals surface area contributed by atoms with E-state index in [1.54, 1.807) is 12.1 Å². The van der Waals surface area contributed by atoms with Gasteiger partial charge >= 0.3 is 0 Å². The molecule has 120 valence electrons. The molecule has 0 spiro atoms. The molecular formula is C15H24ClNO3S. The van der Waals surface area contributed by atoms with E-state index in [2.05, 4.69) is 0 Å². The number of aryl methyl sites for hydroxylation is 1. The number of benzene rings is 1. The Labute approximate surface area is 132 Å². The molecule has 0 heterocycles. The summed E-state index contributed by atoms with van der Waals surface area (Å²) in [5.74, 6) is 0.637. The van der Waals surface area contributed by atoms with Gasteiger partial charge in [0, 0.05) is 10.4 Å². The summed E-state index contributed by atoms with van der Waals surface area (Å²) in [6, 6.07) is 5.50. The summed E-state index contributed by atoms with van der Waals surface area (Å²) in [6.45, 7) is 6.25. The fourth-order valence-electron chi connectivity index (χ4n) is 2.27. The summed E-state index contributed by atoms with van der Waals surface area (Å²) in [5.41, 5.74) is 0.554. The zero-order chi connectivity index (χ0) is 16.1. The zero-order valence-electron chi connectivity index (χ0n) is 12.9. The maximum Gasteiger partial charge on any atom is 0.209 e. The number of ether oxygens (including phenoxy) is 1. The van der Waals surface area contributed by atoms with Gasteiger partial charge in [-0.1, -0.05) is 32.4 Å². The molecule has 0 atom stereocenters. The minimum Gasteiger partial charge on any atom is -0.493 e. The Morgan fingerprint density at radius 2 is 1.86 bits per heavy atom. The first kappa shape index (κ1) is 18.3. The summed E-state index contributed by atoms with van der Waals surface area (Å²) in [5, 5.41) is 5.92. The minimum absolute atomic E-state index is 0.0682. The van der Waals surface area contributed by atoms with Gasteiger partial charge in [0.05, 0.1) is 12.4 Å². The summed E-state index contributed by atoms with van der Waals surface area (Å²) >= 11 is 6.08. The van der Waals surface area contributed by atoms with Crippen molar-refractivity contribution in [3.8, 4) is 5.75 Å². The van der Waals surface area contributed by atoms with Gasteiger partial charge in [-0.3, -0.25) is 0 Å². The largest absolute Gasteiger partial charge is 0.493 e. The van der Waals surface area contributed by atoms with Crippen molar-refractivity contribution in [2.24, 2.45) is 10.6 Å². The molecule has 0 aromatic heterocycles. The van der Waals surface area contributed by atoms with Crippen molar-refractivity contribution >= 4 is 21.6 Å². The number of sulfonamides is 1. The number of primary sulfonamides is 1. The van der Waals surface area contributed by atoms with E-state index in [4.69, 9.17) is 21.5 Å². The van der Waals surface area contributed by atoms with Crippen molar-refractivity contribution < 1.29 is 13.2 Å². The fraction of sp³-hybridized carbons (Fsp3) is 0.600. The second-order valence-corrected chi connectivity index (χ2v) is 7.43. The molecule has 0 saturated carbocycles. The van der Waals surface area contributed by atoms with Gasteiger partial charge < -0.3 is 4.74 Å². The van der Waals surface area contributed by atoms with E-state index >= 15 is 0 Å². The Morgan fingerprint density at radius 1 is 1.24 bits per heavy atom. The summed E-state index contributed by atoms with van der Waals surface area (Å²) in [4.78, 5) is 0. The lowest BCUT2D eigenvalue weighted by Crippen LogP contribution is -2.37. The van der Waals surface area contributed by atoms with Gasteiger partial charge in [0.1, 0.15) is 5.75 Å². The molecule has 6 heteroatoms. The van der Waals surface area contributed by atoms with Crippen LogP contribution in [0.3, 0.4) is 0 Å². The van der Waals surface area contributed by atoms with Crippen LogP contribution in [-0.2, 0) is 16.4 Å².